The summed E-state index contributed by atoms with van der Waals surface area (Å²) in [6, 6.07) is 7.29. The quantitative estimate of drug-likeness (QED) is 0.224. The van der Waals surface area contributed by atoms with Crippen LogP contribution in [0.4, 0.5) is 0 Å². The molecule has 1 atom stereocenters. The van der Waals surface area contributed by atoms with Gasteiger partial charge in [0.1, 0.15) is 15.5 Å². The highest BCUT2D eigenvalue weighted by Gasteiger charge is 2.23. The average Bonchev–Trinajstić information content (AvgIpc) is 3.13. The van der Waals surface area contributed by atoms with Crippen LogP contribution >= 0.6 is 23.1 Å². The molecule has 1 unspecified atom stereocenters. The molecule has 0 aliphatic heterocycles. The Morgan fingerprint density at radius 3 is 2.65 bits per heavy atom. The normalized spacial score (nSPS) is 12.5. The molecule has 0 bridgehead atoms. The molecule has 0 amide bonds. The van der Waals surface area contributed by atoms with E-state index in [1.807, 2.05) is 39.0 Å². The van der Waals surface area contributed by atoms with Crippen molar-refractivity contribution in [2.75, 3.05) is 6.61 Å². The molecule has 3 aromatic heterocycles. The number of hydrogen-bond acceptors (Lipinski definition) is 8. The molecule has 0 aliphatic carbocycles. The lowest BCUT2D eigenvalue weighted by Crippen LogP contribution is -2.25. The molecule has 0 spiro atoms. The summed E-state index contributed by atoms with van der Waals surface area (Å²) in [6.07, 6.45) is 0. The van der Waals surface area contributed by atoms with Gasteiger partial charge < -0.3 is 9.72 Å². The highest BCUT2D eigenvalue weighted by molar-refractivity contribution is 7.99. The second-order valence-corrected chi connectivity index (χ2v) is 10.7. The van der Waals surface area contributed by atoms with Crippen LogP contribution in [0, 0.1) is 12.8 Å². The first kappa shape index (κ1) is 24.2. The summed E-state index contributed by atoms with van der Waals surface area (Å²) in [5, 5.41) is 1.25. The number of aromatic amines is 1. The number of hydrogen-bond donors (Lipinski definition) is 1. The molecule has 0 aliphatic rings. The monoisotopic (exact) mass is 498 g/mol. The van der Waals surface area contributed by atoms with Gasteiger partial charge in [0.15, 0.2) is 5.16 Å². The van der Waals surface area contributed by atoms with Gasteiger partial charge in [0.2, 0.25) is 0 Å². The Bertz CT molecular complexity index is 1500. The third-order valence-electron chi connectivity index (χ3n) is 5.32. The van der Waals surface area contributed by atoms with Crippen molar-refractivity contribution in [1.82, 2.24) is 19.5 Å². The fourth-order valence-electron chi connectivity index (χ4n) is 3.72. The van der Waals surface area contributed by atoms with Crippen LogP contribution in [0.15, 0.2) is 39.0 Å². The number of aryl methyl sites for hydroxylation is 1. The molecule has 0 radical (unpaired) electrons. The predicted molar refractivity (Wildman–Crippen MR) is 136 cm³/mol. The second kappa shape index (κ2) is 9.71. The van der Waals surface area contributed by atoms with Gasteiger partial charge in [-0.05, 0) is 44.4 Å². The van der Waals surface area contributed by atoms with E-state index >= 15 is 0 Å². The molecule has 4 aromatic rings. The van der Waals surface area contributed by atoms with Crippen molar-refractivity contribution in [3.8, 4) is 0 Å². The first-order valence-corrected chi connectivity index (χ1v) is 12.8. The number of thiophene rings is 1. The lowest BCUT2D eigenvalue weighted by molar-refractivity contribution is 0.0531. The number of fused-ring (bicyclic) bond motifs is 2. The molecule has 10 heteroatoms. The zero-order valence-electron chi connectivity index (χ0n) is 19.7. The number of para-hydroxylation sites is 1. The molecule has 0 saturated heterocycles. The van der Waals surface area contributed by atoms with Gasteiger partial charge in [0.05, 0.1) is 28.1 Å². The van der Waals surface area contributed by atoms with E-state index in [9.17, 15) is 14.4 Å². The van der Waals surface area contributed by atoms with E-state index in [1.54, 1.807) is 24.5 Å². The van der Waals surface area contributed by atoms with Crippen molar-refractivity contribution in [3.63, 3.8) is 0 Å². The van der Waals surface area contributed by atoms with Crippen molar-refractivity contribution < 1.29 is 9.53 Å². The van der Waals surface area contributed by atoms with Gasteiger partial charge in [-0.1, -0.05) is 37.7 Å². The molecule has 178 valence electrons. The third-order valence-corrected chi connectivity index (χ3v) is 7.59. The number of aromatic nitrogens is 4. The Kier molecular flexibility index (Phi) is 6.90. The smallest absolute Gasteiger partial charge is 0.348 e. The van der Waals surface area contributed by atoms with Crippen LogP contribution in [0.5, 0.6) is 0 Å². The van der Waals surface area contributed by atoms with Crippen molar-refractivity contribution in [2.45, 2.75) is 51.6 Å². The van der Waals surface area contributed by atoms with Crippen molar-refractivity contribution in [2.24, 2.45) is 5.92 Å². The van der Waals surface area contributed by atoms with Gasteiger partial charge in [-0.3, -0.25) is 14.2 Å². The minimum Gasteiger partial charge on any atom is -0.462 e. The summed E-state index contributed by atoms with van der Waals surface area (Å²) in [5.41, 5.74) is 0.815. The molecule has 4 rings (SSSR count). The Hall–Kier alpha value is -2.98. The minimum atomic E-state index is -0.454. The summed E-state index contributed by atoms with van der Waals surface area (Å²) in [6.45, 7) is 10.3. The molecule has 34 heavy (non-hydrogen) atoms. The SMILES string of the molecule is CCOC(=O)c1sc2nc(C(C)Sc3nc4ccccc4c(=O)n3CC(C)C)[nH]c(=O)c2c1C. The summed E-state index contributed by atoms with van der Waals surface area (Å²) in [7, 11) is 0. The van der Waals surface area contributed by atoms with Crippen molar-refractivity contribution in [1.29, 1.82) is 0 Å². The van der Waals surface area contributed by atoms with Crippen LogP contribution in [0.1, 0.15) is 54.0 Å². The first-order valence-electron chi connectivity index (χ1n) is 11.1. The molecule has 0 saturated carbocycles. The van der Waals surface area contributed by atoms with E-state index in [2.05, 4.69) is 9.97 Å². The van der Waals surface area contributed by atoms with E-state index in [-0.39, 0.29) is 28.9 Å². The van der Waals surface area contributed by atoms with Crippen LogP contribution in [-0.4, -0.2) is 32.1 Å². The fourth-order valence-corrected chi connectivity index (χ4v) is 5.78. The standard InChI is InChI=1S/C24H26N4O4S2/c1-6-32-23(31)18-13(4)17-20(29)26-19(27-21(17)34-18)14(5)33-24-25-16-10-8-7-9-15(16)22(30)28(24)11-12(2)3/h7-10,12,14H,6,11H2,1-5H3,(H,26,27,29). The Balaban J connectivity index is 1.76. The van der Waals surface area contributed by atoms with Crippen molar-refractivity contribution in [3.05, 3.63) is 61.2 Å². The van der Waals surface area contributed by atoms with Crippen LogP contribution in [0.25, 0.3) is 21.1 Å². The molecule has 3 heterocycles. The topological polar surface area (TPSA) is 107 Å². The third kappa shape index (κ3) is 4.52. The fraction of sp³-hybridized carbons (Fsp3) is 0.375. The van der Waals surface area contributed by atoms with E-state index in [1.165, 1.54) is 11.8 Å². The number of rotatable bonds is 7. The van der Waals surface area contributed by atoms with E-state index in [4.69, 9.17) is 9.72 Å². The van der Waals surface area contributed by atoms with Crippen LogP contribution in [0.2, 0.25) is 0 Å². The number of nitrogens with zero attached hydrogens (tertiary/aromatic N) is 3. The number of thioether (sulfide) groups is 1. The maximum absolute atomic E-state index is 13.2. The second-order valence-electron chi connectivity index (χ2n) is 8.39. The minimum absolute atomic E-state index is 0.0844. The van der Waals surface area contributed by atoms with Gasteiger partial charge in [-0.2, -0.15) is 0 Å². The van der Waals surface area contributed by atoms with Gasteiger partial charge in [-0.15, -0.1) is 11.3 Å². The summed E-state index contributed by atoms with van der Waals surface area (Å²) in [4.78, 5) is 51.5. The van der Waals surface area contributed by atoms with Gasteiger partial charge >= 0.3 is 5.97 Å². The van der Waals surface area contributed by atoms with Crippen LogP contribution in [-0.2, 0) is 11.3 Å². The molecular formula is C24H26N4O4S2. The number of esters is 1. The number of carbonyl (C=O) groups is 1. The molecular weight excluding hydrogens is 472 g/mol. The zero-order chi connectivity index (χ0) is 24.6. The predicted octanol–water partition coefficient (Wildman–Crippen LogP) is 4.69. The lowest BCUT2D eigenvalue weighted by Gasteiger charge is -2.17. The maximum Gasteiger partial charge on any atom is 0.348 e. The summed E-state index contributed by atoms with van der Waals surface area (Å²) < 4.78 is 6.81. The summed E-state index contributed by atoms with van der Waals surface area (Å²) >= 11 is 2.52. The van der Waals surface area contributed by atoms with Gasteiger partial charge in [0.25, 0.3) is 11.1 Å². The Labute approximate surface area is 204 Å². The molecule has 1 N–H and O–H groups in total. The number of benzene rings is 1. The van der Waals surface area contributed by atoms with Crippen LogP contribution in [0.3, 0.4) is 0 Å². The number of carbonyl (C=O) groups excluding carboxylic acids is 1. The van der Waals surface area contributed by atoms with E-state index < -0.39 is 5.97 Å². The summed E-state index contributed by atoms with van der Waals surface area (Å²) in [5.74, 6) is 0.252. The van der Waals surface area contributed by atoms with Gasteiger partial charge in [0, 0.05) is 6.54 Å². The lowest BCUT2D eigenvalue weighted by atomic mass is 10.2. The van der Waals surface area contributed by atoms with Crippen molar-refractivity contribution >= 4 is 50.2 Å². The maximum atomic E-state index is 13.2. The molecule has 1 aromatic carbocycles. The highest BCUT2D eigenvalue weighted by atomic mass is 32.2. The zero-order valence-corrected chi connectivity index (χ0v) is 21.3. The number of H-pyrrole nitrogens is 1. The van der Waals surface area contributed by atoms with E-state index in [0.29, 0.717) is 49.1 Å². The van der Waals surface area contributed by atoms with E-state index in [0.717, 1.165) is 11.3 Å². The molecule has 8 nitrogen and oxygen atoms in total. The first-order chi connectivity index (χ1) is 16.2. The Morgan fingerprint density at radius 2 is 1.94 bits per heavy atom. The largest absolute Gasteiger partial charge is 0.462 e. The number of nitrogens with one attached hydrogen (secondary N) is 1. The Morgan fingerprint density at radius 1 is 1.21 bits per heavy atom. The molecule has 0 fully saturated rings. The van der Waals surface area contributed by atoms with Crippen LogP contribution < -0.4 is 11.1 Å². The number of ether oxygens (including phenoxy) is 1. The highest BCUT2D eigenvalue weighted by Crippen LogP contribution is 2.34. The average molecular weight is 499 g/mol. The van der Waals surface area contributed by atoms with Gasteiger partial charge in [-0.25, -0.2) is 14.8 Å².